The van der Waals surface area contributed by atoms with Crippen molar-refractivity contribution in [3.63, 3.8) is 0 Å². The number of hydrogen-bond acceptors (Lipinski definition) is 2. The molecule has 0 saturated carbocycles. The van der Waals surface area contributed by atoms with Gasteiger partial charge in [0.25, 0.3) is 0 Å². The van der Waals surface area contributed by atoms with Gasteiger partial charge in [0, 0.05) is 0 Å². The molecule has 1 rings (SSSR count). The first-order valence-corrected chi connectivity index (χ1v) is 5.19. The molecule has 1 saturated heterocycles. The lowest BCUT2D eigenvalue weighted by Crippen LogP contribution is -2.39. The average molecular weight is 184 g/mol. The normalized spacial score (nSPS) is 34.9. The van der Waals surface area contributed by atoms with Crippen LogP contribution in [0.25, 0.3) is 0 Å². The van der Waals surface area contributed by atoms with E-state index in [9.17, 15) is 4.79 Å². The average Bonchev–Trinajstić information content (AvgIpc) is 2.02. The van der Waals surface area contributed by atoms with Crippen LogP contribution in [0.2, 0.25) is 0 Å². The number of rotatable bonds is 3. The van der Waals surface area contributed by atoms with Gasteiger partial charge in [-0.05, 0) is 38.5 Å². The van der Waals surface area contributed by atoms with Crippen LogP contribution in [0.5, 0.6) is 0 Å². The molecule has 1 aliphatic rings. The summed E-state index contributed by atoms with van der Waals surface area (Å²) in [5.74, 6) is 0.635. The van der Waals surface area contributed by atoms with Gasteiger partial charge in [-0.15, -0.1) is 0 Å². The zero-order valence-corrected chi connectivity index (χ0v) is 8.88. The lowest BCUT2D eigenvalue weighted by atomic mass is 9.86. The number of ether oxygens (including phenoxy) is 1. The van der Waals surface area contributed by atoms with Crippen LogP contribution in [0, 0.1) is 5.92 Å². The highest BCUT2D eigenvalue weighted by molar-refractivity contribution is 5.56. The van der Waals surface area contributed by atoms with Crippen molar-refractivity contribution in [1.29, 1.82) is 0 Å². The van der Waals surface area contributed by atoms with Crippen LogP contribution in [-0.2, 0) is 9.53 Å². The van der Waals surface area contributed by atoms with Gasteiger partial charge < -0.3 is 9.53 Å². The predicted octanol–water partition coefficient (Wildman–Crippen LogP) is 2.56. The van der Waals surface area contributed by atoms with Crippen LogP contribution in [0.4, 0.5) is 0 Å². The summed E-state index contributed by atoms with van der Waals surface area (Å²) in [6.45, 7) is 6.51. The second-order valence-electron chi connectivity index (χ2n) is 4.73. The van der Waals surface area contributed by atoms with E-state index < -0.39 is 0 Å². The molecule has 0 spiro atoms. The van der Waals surface area contributed by atoms with E-state index in [1.165, 1.54) is 0 Å². The summed E-state index contributed by atoms with van der Waals surface area (Å²) < 4.78 is 5.77. The Bertz CT molecular complexity index is 177. The molecule has 2 heteroatoms. The first kappa shape index (κ1) is 10.7. The SMILES string of the molecule is CC(C)CC1(C)CCCC(C=O)O1. The second-order valence-corrected chi connectivity index (χ2v) is 4.73. The minimum absolute atomic E-state index is 0.0575. The lowest BCUT2D eigenvalue weighted by Gasteiger charge is -2.38. The van der Waals surface area contributed by atoms with E-state index in [-0.39, 0.29) is 11.7 Å². The quantitative estimate of drug-likeness (QED) is 0.630. The zero-order valence-electron chi connectivity index (χ0n) is 8.88. The summed E-state index contributed by atoms with van der Waals surface area (Å²) in [5, 5.41) is 0. The van der Waals surface area contributed by atoms with Crippen molar-refractivity contribution < 1.29 is 9.53 Å². The fraction of sp³-hybridized carbons (Fsp3) is 0.909. The van der Waals surface area contributed by atoms with Gasteiger partial charge in [-0.2, -0.15) is 0 Å². The fourth-order valence-electron chi connectivity index (χ4n) is 2.27. The Kier molecular flexibility index (Phi) is 3.48. The number of carbonyl (C=O) groups is 1. The summed E-state index contributed by atoms with van der Waals surface area (Å²) in [5.41, 5.74) is -0.0575. The maximum absolute atomic E-state index is 10.6. The monoisotopic (exact) mass is 184 g/mol. The van der Waals surface area contributed by atoms with E-state index in [0.29, 0.717) is 5.92 Å². The maximum atomic E-state index is 10.6. The van der Waals surface area contributed by atoms with Gasteiger partial charge >= 0.3 is 0 Å². The Balaban J connectivity index is 2.51. The number of carbonyl (C=O) groups excluding carboxylic acids is 1. The van der Waals surface area contributed by atoms with Crippen LogP contribution >= 0.6 is 0 Å². The van der Waals surface area contributed by atoms with Crippen molar-refractivity contribution in [3.8, 4) is 0 Å². The molecule has 1 aliphatic heterocycles. The summed E-state index contributed by atoms with van der Waals surface area (Å²) >= 11 is 0. The largest absolute Gasteiger partial charge is 0.365 e. The van der Waals surface area contributed by atoms with Crippen molar-refractivity contribution in [2.24, 2.45) is 5.92 Å². The molecule has 0 aromatic carbocycles. The van der Waals surface area contributed by atoms with Crippen molar-refractivity contribution >= 4 is 6.29 Å². The van der Waals surface area contributed by atoms with Gasteiger partial charge in [0.2, 0.25) is 0 Å². The van der Waals surface area contributed by atoms with Gasteiger partial charge in [0.1, 0.15) is 12.4 Å². The first-order valence-electron chi connectivity index (χ1n) is 5.19. The van der Waals surface area contributed by atoms with Crippen molar-refractivity contribution in [3.05, 3.63) is 0 Å². The third-order valence-electron chi connectivity index (χ3n) is 2.62. The van der Waals surface area contributed by atoms with Crippen molar-refractivity contribution in [1.82, 2.24) is 0 Å². The van der Waals surface area contributed by atoms with Gasteiger partial charge in [-0.1, -0.05) is 13.8 Å². The predicted molar refractivity (Wildman–Crippen MR) is 52.6 cm³/mol. The van der Waals surface area contributed by atoms with E-state index in [4.69, 9.17) is 4.74 Å². The highest BCUT2D eigenvalue weighted by Gasteiger charge is 2.33. The van der Waals surface area contributed by atoms with Gasteiger partial charge in [0.15, 0.2) is 0 Å². The summed E-state index contributed by atoms with van der Waals surface area (Å²) in [7, 11) is 0. The Hall–Kier alpha value is -0.370. The highest BCUT2D eigenvalue weighted by atomic mass is 16.5. The molecule has 2 nitrogen and oxygen atoms in total. The molecule has 1 heterocycles. The first-order chi connectivity index (χ1) is 6.06. The Labute approximate surface area is 80.7 Å². The van der Waals surface area contributed by atoms with Gasteiger partial charge in [-0.3, -0.25) is 0 Å². The van der Waals surface area contributed by atoms with Crippen LogP contribution in [-0.4, -0.2) is 18.0 Å². The Morgan fingerprint density at radius 2 is 2.31 bits per heavy atom. The molecule has 13 heavy (non-hydrogen) atoms. The molecule has 0 aliphatic carbocycles. The minimum atomic E-state index is -0.155. The van der Waals surface area contributed by atoms with E-state index >= 15 is 0 Å². The smallest absolute Gasteiger partial charge is 0.148 e. The molecule has 0 radical (unpaired) electrons. The summed E-state index contributed by atoms with van der Waals surface area (Å²) in [6, 6.07) is 0. The van der Waals surface area contributed by atoms with E-state index in [1.54, 1.807) is 0 Å². The third-order valence-corrected chi connectivity index (χ3v) is 2.62. The summed E-state index contributed by atoms with van der Waals surface area (Å²) in [4.78, 5) is 10.6. The number of aldehydes is 1. The molecule has 0 bridgehead atoms. The zero-order chi connectivity index (χ0) is 9.90. The van der Waals surface area contributed by atoms with Crippen LogP contribution < -0.4 is 0 Å². The van der Waals surface area contributed by atoms with Crippen LogP contribution in [0.3, 0.4) is 0 Å². The molecule has 1 fully saturated rings. The Morgan fingerprint density at radius 1 is 1.62 bits per heavy atom. The molecular weight excluding hydrogens is 164 g/mol. The molecule has 0 N–H and O–H groups in total. The van der Waals surface area contributed by atoms with Crippen molar-refractivity contribution in [2.75, 3.05) is 0 Å². The van der Waals surface area contributed by atoms with Crippen molar-refractivity contribution in [2.45, 2.75) is 58.2 Å². The molecule has 2 unspecified atom stereocenters. The molecule has 0 aromatic rings. The van der Waals surface area contributed by atoms with E-state index in [2.05, 4.69) is 20.8 Å². The second kappa shape index (κ2) is 4.23. The van der Waals surface area contributed by atoms with Gasteiger partial charge in [0.05, 0.1) is 5.60 Å². The molecule has 0 aromatic heterocycles. The molecular formula is C11H20O2. The summed E-state index contributed by atoms with van der Waals surface area (Å²) in [6.07, 6.45) is 4.95. The van der Waals surface area contributed by atoms with Crippen LogP contribution in [0.15, 0.2) is 0 Å². The number of hydrogen-bond donors (Lipinski definition) is 0. The topological polar surface area (TPSA) is 26.3 Å². The molecule has 76 valence electrons. The standard InChI is InChI=1S/C11H20O2/c1-9(2)7-11(3)6-4-5-10(8-12)13-11/h8-10H,4-7H2,1-3H3. The molecule has 0 amide bonds. The van der Waals surface area contributed by atoms with Gasteiger partial charge in [-0.25, -0.2) is 0 Å². The Morgan fingerprint density at radius 3 is 2.85 bits per heavy atom. The highest BCUT2D eigenvalue weighted by Crippen LogP contribution is 2.32. The van der Waals surface area contributed by atoms with E-state index in [0.717, 1.165) is 32.0 Å². The lowest BCUT2D eigenvalue weighted by molar-refractivity contribution is -0.146. The molecule has 2 atom stereocenters. The minimum Gasteiger partial charge on any atom is -0.365 e. The maximum Gasteiger partial charge on any atom is 0.148 e. The fourth-order valence-corrected chi connectivity index (χ4v) is 2.27. The third kappa shape index (κ3) is 3.11. The van der Waals surface area contributed by atoms with E-state index in [1.807, 2.05) is 0 Å². The van der Waals surface area contributed by atoms with Crippen LogP contribution in [0.1, 0.15) is 46.5 Å².